The highest BCUT2D eigenvalue weighted by atomic mass is 16.1. The highest BCUT2D eigenvalue weighted by Crippen LogP contribution is 2.28. The molecule has 7 heteroatoms. The maximum absolute atomic E-state index is 12.6. The molecule has 31 heavy (non-hydrogen) atoms. The van der Waals surface area contributed by atoms with Crippen molar-refractivity contribution in [3.05, 3.63) is 64.1 Å². The van der Waals surface area contributed by atoms with Gasteiger partial charge in [0.25, 0.3) is 5.56 Å². The predicted molar refractivity (Wildman–Crippen MR) is 128 cm³/mol. The molecule has 3 aromatic rings. The summed E-state index contributed by atoms with van der Waals surface area (Å²) < 4.78 is 0. The first-order valence-electron chi connectivity index (χ1n) is 10.8. The van der Waals surface area contributed by atoms with Crippen molar-refractivity contribution >= 4 is 22.9 Å². The molecule has 1 fully saturated rings. The van der Waals surface area contributed by atoms with Crippen LogP contribution in [0.25, 0.3) is 11.3 Å². The molecule has 5 N–H and O–H groups in total. The maximum atomic E-state index is 12.6. The number of nitrogens with two attached hydrogens (primary N) is 1. The van der Waals surface area contributed by atoms with Crippen LogP contribution < -0.4 is 21.9 Å². The molecule has 2 heterocycles. The Labute approximate surface area is 182 Å². The van der Waals surface area contributed by atoms with Crippen molar-refractivity contribution in [2.75, 3.05) is 36.5 Å². The molecular formula is C24H30N6O. The number of benzene rings is 2. The molecule has 0 unspecified atom stereocenters. The van der Waals surface area contributed by atoms with Crippen molar-refractivity contribution in [1.82, 2.24) is 14.9 Å². The van der Waals surface area contributed by atoms with E-state index < -0.39 is 0 Å². The smallest absolute Gasteiger partial charge is 0.291 e. The predicted octanol–water partition coefficient (Wildman–Crippen LogP) is 4.10. The molecule has 1 aromatic heterocycles. The number of aromatic amines is 1. The second-order valence-electron chi connectivity index (χ2n) is 8.07. The summed E-state index contributed by atoms with van der Waals surface area (Å²) in [6, 6.07) is 11.8. The lowest BCUT2D eigenvalue weighted by atomic mass is 10.0. The molecule has 0 amide bonds. The van der Waals surface area contributed by atoms with Crippen LogP contribution >= 0.6 is 0 Å². The van der Waals surface area contributed by atoms with E-state index in [4.69, 9.17) is 5.73 Å². The van der Waals surface area contributed by atoms with Crippen LogP contribution in [0.3, 0.4) is 0 Å². The minimum absolute atomic E-state index is 0.257. The quantitative estimate of drug-likeness (QED) is 0.450. The van der Waals surface area contributed by atoms with Crippen LogP contribution in [-0.2, 0) is 6.54 Å². The van der Waals surface area contributed by atoms with Crippen LogP contribution in [0, 0.1) is 6.92 Å². The zero-order chi connectivity index (χ0) is 21.8. The minimum Gasteiger partial charge on any atom is -0.399 e. The summed E-state index contributed by atoms with van der Waals surface area (Å²) in [5.74, 6) is 0.274. The number of anilines is 4. The number of aromatic nitrogens is 2. The molecule has 0 saturated carbocycles. The molecule has 1 aliphatic heterocycles. The van der Waals surface area contributed by atoms with Gasteiger partial charge >= 0.3 is 0 Å². The zero-order valence-corrected chi connectivity index (χ0v) is 18.2. The Bertz CT molecular complexity index is 1120. The number of hydrogen-bond acceptors (Lipinski definition) is 6. The first-order valence-corrected chi connectivity index (χ1v) is 10.8. The van der Waals surface area contributed by atoms with Gasteiger partial charge in [-0.05, 0) is 68.2 Å². The molecule has 7 nitrogen and oxygen atoms in total. The Morgan fingerprint density at radius 1 is 1.13 bits per heavy atom. The number of nitrogen functional groups attached to an aromatic ring is 1. The SMILES string of the molecule is CNc1cccc(-c2c[nH]c(=O)c(Nc3ccc(N)cc3CN3CCCCC3)n2)c1C. The monoisotopic (exact) mass is 418 g/mol. The molecule has 162 valence electrons. The van der Waals surface area contributed by atoms with Crippen LogP contribution in [-0.4, -0.2) is 35.0 Å². The molecule has 1 aliphatic rings. The second-order valence-corrected chi connectivity index (χ2v) is 8.07. The van der Waals surface area contributed by atoms with E-state index >= 15 is 0 Å². The van der Waals surface area contributed by atoms with E-state index in [0.29, 0.717) is 11.4 Å². The lowest BCUT2D eigenvalue weighted by Crippen LogP contribution is -2.29. The minimum atomic E-state index is -0.257. The first-order chi connectivity index (χ1) is 15.0. The third-order valence-electron chi connectivity index (χ3n) is 5.89. The van der Waals surface area contributed by atoms with E-state index in [9.17, 15) is 4.79 Å². The fraction of sp³-hybridized carbons (Fsp3) is 0.333. The third-order valence-corrected chi connectivity index (χ3v) is 5.89. The van der Waals surface area contributed by atoms with E-state index in [0.717, 1.165) is 47.7 Å². The van der Waals surface area contributed by atoms with Crippen LogP contribution in [0.15, 0.2) is 47.4 Å². The maximum Gasteiger partial charge on any atom is 0.291 e. The fourth-order valence-electron chi connectivity index (χ4n) is 4.16. The van der Waals surface area contributed by atoms with Gasteiger partial charge in [0.1, 0.15) is 0 Å². The number of nitrogens with zero attached hydrogens (tertiary/aromatic N) is 2. The Hall–Kier alpha value is -3.32. The zero-order valence-electron chi connectivity index (χ0n) is 18.2. The third kappa shape index (κ3) is 4.72. The van der Waals surface area contributed by atoms with E-state index in [1.807, 2.05) is 50.4 Å². The van der Waals surface area contributed by atoms with Crippen molar-refractivity contribution in [2.45, 2.75) is 32.7 Å². The fourth-order valence-corrected chi connectivity index (χ4v) is 4.16. The number of rotatable bonds is 6. The second kappa shape index (κ2) is 9.22. The van der Waals surface area contributed by atoms with E-state index in [2.05, 4.69) is 25.5 Å². The number of hydrogen-bond donors (Lipinski definition) is 4. The van der Waals surface area contributed by atoms with Gasteiger partial charge in [0.15, 0.2) is 5.82 Å². The summed E-state index contributed by atoms with van der Waals surface area (Å²) in [5, 5.41) is 6.45. The standard InChI is InChI=1S/C24H30N6O/c1-16-19(7-6-8-20(16)26-2)22-14-27-24(31)23(29-22)28-21-10-9-18(25)13-17(21)15-30-11-4-3-5-12-30/h6-10,13-14,26H,3-5,11-12,15,25H2,1-2H3,(H,27,31)(H,28,29). The number of piperidine rings is 1. The van der Waals surface area contributed by atoms with Gasteiger partial charge in [-0.1, -0.05) is 18.6 Å². The summed E-state index contributed by atoms with van der Waals surface area (Å²) in [6.07, 6.45) is 5.39. The highest BCUT2D eigenvalue weighted by Gasteiger charge is 2.15. The van der Waals surface area contributed by atoms with Crippen molar-refractivity contribution in [3.8, 4) is 11.3 Å². The van der Waals surface area contributed by atoms with Gasteiger partial charge in [-0.25, -0.2) is 4.98 Å². The van der Waals surface area contributed by atoms with Crippen molar-refractivity contribution in [2.24, 2.45) is 0 Å². The average Bonchev–Trinajstić information content (AvgIpc) is 2.78. The molecule has 0 radical (unpaired) electrons. The van der Waals surface area contributed by atoms with Gasteiger partial charge in [0, 0.05) is 42.4 Å². The van der Waals surface area contributed by atoms with Gasteiger partial charge in [-0.3, -0.25) is 9.69 Å². The first kappa shape index (κ1) is 20.9. The van der Waals surface area contributed by atoms with Crippen molar-refractivity contribution < 1.29 is 0 Å². The molecule has 0 aliphatic carbocycles. The molecule has 0 bridgehead atoms. The summed E-state index contributed by atoms with van der Waals surface area (Å²) in [6.45, 7) is 5.01. The number of likely N-dealkylation sites (tertiary alicyclic amines) is 1. The largest absolute Gasteiger partial charge is 0.399 e. The molecular weight excluding hydrogens is 388 g/mol. The Balaban J connectivity index is 1.66. The number of nitrogens with one attached hydrogen (secondary N) is 3. The summed E-state index contributed by atoms with van der Waals surface area (Å²) >= 11 is 0. The van der Waals surface area contributed by atoms with Crippen LogP contribution in [0.2, 0.25) is 0 Å². The molecule has 4 rings (SSSR count). The van der Waals surface area contributed by atoms with Gasteiger partial charge in [-0.15, -0.1) is 0 Å². The van der Waals surface area contributed by atoms with Gasteiger partial charge in [0.05, 0.1) is 5.69 Å². The van der Waals surface area contributed by atoms with Crippen molar-refractivity contribution in [3.63, 3.8) is 0 Å². The molecule has 0 atom stereocenters. The van der Waals surface area contributed by atoms with Gasteiger partial charge < -0.3 is 21.4 Å². The Kier molecular flexibility index (Phi) is 6.23. The van der Waals surface area contributed by atoms with E-state index in [-0.39, 0.29) is 11.4 Å². The molecule has 2 aromatic carbocycles. The van der Waals surface area contributed by atoms with Crippen LogP contribution in [0.5, 0.6) is 0 Å². The van der Waals surface area contributed by atoms with Gasteiger partial charge in [-0.2, -0.15) is 0 Å². The topological polar surface area (TPSA) is 99.1 Å². The Morgan fingerprint density at radius 2 is 1.94 bits per heavy atom. The molecule has 1 saturated heterocycles. The average molecular weight is 419 g/mol. The van der Waals surface area contributed by atoms with E-state index in [1.54, 1.807) is 6.20 Å². The van der Waals surface area contributed by atoms with E-state index in [1.165, 1.54) is 19.3 Å². The van der Waals surface area contributed by atoms with Crippen LogP contribution in [0.4, 0.5) is 22.9 Å². The van der Waals surface area contributed by atoms with Crippen LogP contribution in [0.1, 0.15) is 30.4 Å². The Morgan fingerprint density at radius 3 is 2.71 bits per heavy atom. The summed E-state index contributed by atoms with van der Waals surface area (Å²) in [5.41, 5.74) is 12.2. The summed E-state index contributed by atoms with van der Waals surface area (Å²) in [7, 11) is 1.89. The lowest BCUT2D eigenvalue weighted by molar-refractivity contribution is 0.221. The molecule has 0 spiro atoms. The lowest BCUT2D eigenvalue weighted by Gasteiger charge is -2.27. The number of H-pyrrole nitrogens is 1. The highest BCUT2D eigenvalue weighted by molar-refractivity contribution is 5.72. The van der Waals surface area contributed by atoms with Gasteiger partial charge in [0.2, 0.25) is 0 Å². The van der Waals surface area contributed by atoms with Crippen molar-refractivity contribution in [1.29, 1.82) is 0 Å². The normalized spacial score (nSPS) is 14.4. The summed E-state index contributed by atoms with van der Waals surface area (Å²) in [4.78, 5) is 22.5.